The van der Waals surface area contributed by atoms with E-state index in [1.165, 1.54) is 11.1 Å². The Bertz CT molecular complexity index is 565. The van der Waals surface area contributed by atoms with Gasteiger partial charge in [-0.2, -0.15) is 0 Å². The maximum Gasteiger partial charge on any atom is 0.242 e. The maximum absolute atomic E-state index is 12.4. The van der Waals surface area contributed by atoms with Crippen molar-refractivity contribution in [3.05, 3.63) is 35.4 Å². The topological polar surface area (TPSA) is 66.0 Å². The summed E-state index contributed by atoms with van der Waals surface area (Å²) in [5, 5.41) is 6.26. The minimum Gasteiger partial charge on any atom is -0.383 e. The largest absolute Gasteiger partial charge is 0.383 e. The molecule has 2 N–H and O–H groups in total. The molecule has 1 aliphatic rings. The molecule has 0 spiro atoms. The minimum atomic E-state index is 0. The summed E-state index contributed by atoms with van der Waals surface area (Å²) >= 11 is 0. The van der Waals surface area contributed by atoms with E-state index in [2.05, 4.69) is 33.8 Å². The summed E-state index contributed by atoms with van der Waals surface area (Å²) in [6, 6.07) is 8.43. The summed E-state index contributed by atoms with van der Waals surface area (Å²) in [6.07, 6.45) is 0.916. The Hall–Kier alpha value is -1.35. The number of guanidine groups is 1. The first-order valence-corrected chi connectivity index (χ1v) is 7.94. The number of benzene rings is 1. The summed E-state index contributed by atoms with van der Waals surface area (Å²) < 4.78 is 5.08. The lowest BCUT2D eigenvalue weighted by atomic mass is 10.00. The van der Waals surface area contributed by atoms with Gasteiger partial charge in [-0.05, 0) is 24.5 Å². The zero-order chi connectivity index (χ0) is 16.7. The lowest BCUT2D eigenvalue weighted by molar-refractivity contribution is -0.130. The second-order valence-corrected chi connectivity index (χ2v) is 5.76. The fourth-order valence-corrected chi connectivity index (χ4v) is 2.70. The van der Waals surface area contributed by atoms with Gasteiger partial charge >= 0.3 is 0 Å². The zero-order valence-electron chi connectivity index (χ0n) is 14.5. The van der Waals surface area contributed by atoms with Crippen LogP contribution in [0.5, 0.6) is 0 Å². The van der Waals surface area contributed by atoms with Crippen LogP contribution in [0.1, 0.15) is 18.1 Å². The third-order valence-electron chi connectivity index (χ3n) is 3.91. The van der Waals surface area contributed by atoms with Crippen molar-refractivity contribution in [3.8, 4) is 0 Å². The Labute approximate surface area is 161 Å². The van der Waals surface area contributed by atoms with E-state index in [4.69, 9.17) is 4.74 Å². The number of methoxy groups -OCH3 is 1. The fourth-order valence-electron chi connectivity index (χ4n) is 2.70. The van der Waals surface area contributed by atoms with Crippen LogP contribution < -0.4 is 10.6 Å². The average Bonchev–Trinajstić information content (AvgIpc) is 2.58. The van der Waals surface area contributed by atoms with E-state index in [9.17, 15) is 4.79 Å². The number of halogens is 1. The third kappa shape index (κ3) is 5.94. The Balaban J connectivity index is 0.00000288. The second-order valence-electron chi connectivity index (χ2n) is 5.76. The van der Waals surface area contributed by atoms with E-state index in [0.717, 1.165) is 13.0 Å². The van der Waals surface area contributed by atoms with Crippen molar-refractivity contribution in [1.29, 1.82) is 0 Å². The molecule has 0 aromatic heterocycles. The summed E-state index contributed by atoms with van der Waals surface area (Å²) in [5.41, 5.74) is 2.58. The molecule has 2 rings (SSSR count). The molecule has 0 saturated carbocycles. The van der Waals surface area contributed by atoms with Crippen LogP contribution in [0.4, 0.5) is 0 Å². The molecule has 134 valence electrons. The first-order valence-electron chi connectivity index (χ1n) is 7.94. The van der Waals surface area contributed by atoms with Crippen molar-refractivity contribution in [2.24, 2.45) is 4.99 Å². The van der Waals surface area contributed by atoms with Crippen molar-refractivity contribution in [1.82, 2.24) is 15.5 Å². The molecule has 1 aromatic rings. The van der Waals surface area contributed by atoms with Gasteiger partial charge in [0.15, 0.2) is 5.96 Å². The standard InChI is InChI=1S/C17H26N4O2.HI/c1-13(12-23-3)20-17(18-2)19-10-16(22)21-9-8-14-6-4-5-7-15(14)11-21;/h4-7,13H,8-12H2,1-3H3,(H2,18,19,20);1H. The van der Waals surface area contributed by atoms with Crippen molar-refractivity contribution >= 4 is 35.8 Å². The normalized spacial score (nSPS) is 15.1. The number of ether oxygens (including phenoxy) is 1. The fraction of sp³-hybridized carbons (Fsp3) is 0.529. The van der Waals surface area contributed by atoms with Crippen molar-refractivity contribution in [2.45, 2.75) is 25.9 Å². The van der Waals surface area contributed by atoms with Crippen LogP contribution in [0.15, 0.2) is 29.3 Å². The summed E-state index contributed by atoms with van der Waals surface area (Å²) in [5.74, 6) is 0.696. The molecule has 0 aliphatic carbocycles. The van der Waals surface area contributed by atoms with E-state index in [1.807, 2.05) is 17.9 Å². The van der Waals surface area contributed by atoms with E-state index in [0.29, 0.717) is 19.1 Å². The number of carbonyl (C=O) groups is 1. The van der Waals surface area contributed by atoms with E-state index in [-0.39, 0.29) is 42.5 Å². The average molecular weight is 446 g/mol. The third-order valence-corrected chi connectivity index (χ3v) is 3.91. The van der Waals surface area contributed by atoms with Gasteiger partial charge in [0.2, 0.25) is 5.91 Å². The van der Waals surface area contributed by atoms with Crippen LogP contribution in [-0.4, -0.2) is 56.7 Å². The predicted molar refractivity (Wildman–Crippen MR) is 107 cm³/mol. The molecule has 7 heteroatoms. The van der Waals surface area contributed by atoms with E-state index < -0.39 is 0 Å². The molecular weight excluding hydrogens is 419 g/mol. The van der Waals surface area contributed by atoms with Gasteiger partial charge in [0, 0.05) is 33.3 Å². The van der Waals surface area contributed by atoms with Gasteiger partial charge in [0.05, 0.1) is 13.2 Å². The van der Waals surface area contributed by atoms with E-state index in [1.54, 1.807) is 14.2 Å². The number of hydrogen-bond donors (Lipinski definition) is 2. The molecule has 1 aliphatic heterocycles. The molecule has 1 atom stereocenters. The molecule has 1 aromatic carbocycles. The highest BCUT2D eigenvalue weighted by atomic mass is 127. The van der Waals surface area contributed by atoms with Crippen LogP contribution in [0.25, 0.3) is 0 Å². The molecule has 1 heterocycles. The number of nitrogens with zero attached hydrogens (tertiary/aromatic N) is 2. The van der Waals surface area contributed by atoms with Crippen molar-refractivity contribution in [3.63, 3.8) is 0 Å². The van der Waals surface area contributed by atoms with Crippen LogP contribution in [0.2, 0.25) is 0 Å². The van der Waals surface area contributed by atoms with Gasteiger partial charge in [-0.1, -0.05) is 24.3 Å². The molecule has 0 bridgehead atoms. The molecule has 1 amide bonds. The monoisotopic (exact) mass is 446 g/mol. The lowest BCUT2D eigenvalue weighted by Crippen LogP contribution is -2.48. The summed E-state index contributed by atoms with van der Waals surface area (Å²) in [6.45, 7) is 4.27. The highest BCUT2D eigenvalue weighted by Gasteiger charge is 2.20. The molecule has 24 heavy (non-hydrogen) atoms. The second kappa shape index (κ2) is 10.5. The van der Waals surface area contributed by atoms with Crippen LogP contribution >= 0.6 is 24.0 Å². The van der Waals surface area contributed by atoms with Crippen molar-refractivity contribution < 1.29 is 9.53 Å². The van der Waals surface area contributed by atoms with Crippen LogP contribution in [-0.2, 0) is 22.5 Å². The van der Waals surface area contributed by atoms with Gasteiger partial charge in [-0.3, -0.25) is 9.79 Å². The molecule has 1 unspecified atom stereocenters. The Kier molecular flexibility index (Phi) is 9.05. The highest BCUT2D eigenvalue weighted by Crippen LogP contribution is 2.18. The highest BCUT2D eigenvalue weighted by molar-refractivity contribution is 14.0. The number of hydrogen-bond acceptors (Lipinski definition) is 3. The number of carbonyl (C=O) groups excluding carboxylic acids is 1. The first-order chi connectivity index (χ1) is 11.1. The van der Waals surface area contributed by atoms with Crippen LogP contribution in [0, 0.1) is 0 Å². The number of rotatable bonds is 5. The quantitative estimate of drug-likeness (QED) is 0.408. The summed E-state index contributed by atoms with van der Waals surface area (Å²) in [4.78, 5) is 18.4. The number of aliphatic imine (C=N–C) groups is 1. The Morgan fingerprint density at radius 3 is 2.75 bits per heavy atom. The van der Waals surface area contributed by atoms with Crippen LogP contribution in [0.3, 0.4) is 0 Å². The molecule has 0 saturated heterocycles. The minimum absolute atomic E-state index is 0. The van der Waals surface area contributed by atoms with Gasteiger partial charge < -0.3 is 20.3 Å². The number of amides is 1. The smallest absolute Gasteiger partial charge is 0.242 e. The molecule has 6 nitrogen and oxygen atoms in total. The van der Waals surface area contributed by atoms with Gasteiger partial charge in [-0.25, -0.2) is 0 Å². The van der Waals surface area contributed by atoms with Gasteiger partial charge in [0.25, 0.3) is 0 Å². The van der Waals surface area contributed by atoms with Crippen molar-refractivity contribution in [2.75, 3.05) is 33.9 Å². The van der Waals surface area contributed by atoms with E-state index >= 15 is 0 Å². The molecular formula is C17H27IN4O2. The molecule has 0 fully saturated rings. The van der Waals surface area contributed by atoms with Gasteiger partial charge in [-0.15, -0.1) is 24.0 Å². The summed E-state index contributed by atoms with van der Waals surface area (Å²) in [7, 11) is 3.35. The molecule has 0 radical (unpaired) electrons. The number of nitrogens with one attached hydrogen (secondary N) is 2. The zero-order valence-corrected chi connectivity index (χ0v) is 16.9. The maximum atomic E-state index is 12.4. The Morgan fingerprint density at radius 2 is 2.08 bits per heavy atom. The predicted octanol–water partition coefficient (Wildman–Crippen LogP) is 1.39. The SMILES string of the molecule is CN=C(NCC(=O)N1CCc2ccccc2C1)NC(C)COC.I. The lowest BCUT2D eigenvalue weighted by Gasteiger charge is -2.29. The Morgan fingerprint density at radius 1 is 1.38 bits per heavy atom. The first kappa shape index (κ1) is 20.7. The number of fused-ring (bicyclic) bond motifs is 1. The van der Waals surface area contributed by atoms with Gasteiger partial charge in [0.1, 0.15) is 0 Å².